The minimum Gasteiger partial charge on any atom is -0.462 e. The number of halogens is 2. The Balaban J connectivity index is 2.02. The third-order valence-corrected chi connectivity index (χ3v) is 6.39. The monoisotopic (exact) mass is 495 g/mol. The second kappa shape index (κ2) is 10.3. The van der Waals surface area contributed by atoms with Crippen LogP contribution in [0.1, 0.15) is 46.3 Å². The van der Waals surface area contributed by atoms with Crippen LogP contribution in [0, 0.1) is 13.8 Å². The smallest absolute Gasteiger partial charge is 0.387 e. The first-order valence-electron chi connectivity index (χ1n) is 10.0. The fourth-order valence-corrected chi connectivity index (χ4v) is 4.80. The molecule has 0 bridgehead atoms. The SMILES string of the molecule is CCOC(=O)c1c(NC(=O)C2=C(C)NC(=S)NC2c2ccccc2OC(F)F)sc(C)c1C. The van der Waals surface area contributed by atoms with Gasteiger partial charge < -0.3 is 25.4 Å². The molecule has 11 heteroatoms. The summed E-state index contributed by atoms with van der Waals surface area (Å²) in [5, 5.41) is 9.22. The number of para-hydroxylation sites is 1. The number of rotatable bonds is 7. The number of allylic oxidation sites excluding steroid dienone is 1. The molecule has 3 rings (SSSR count). The van der Waals surface area contributed by atoms with Crippen molar-refractivity contribution in [3.8, 4) is 5.75 Å². The van der Waals surface area contributed by atoms with Crippen LogP contribution < -0.4 is 20.7 Å². The van der Waals surface area contributed by atoms with Crippen molar-refractivity contribution in [3.63, 3.8) is 0 Å². The lowest BCUT2D eigenvalue weighted by Gasteiger charge is -2.31. The number of alkyl halides is 2. The van der Waals surface area contributed by atoms with Crippen molar-refractivity contribution in [2.75, 3.05) is 11.9 Å². The minimum absolute atomic E-state index is 0.0807. The van der Waals surface area contributed by atoms with E-state index in [0.717, 1.165) is 4.88 Å². The lowest BCUT2D eigenvalue weighted by molar-refractivity contribution is -0.113. The van der Waals surface area contributed by atoms with E-state index in [4.69, 9.17) is 17.0 Å². The van der Waals surface area contributed by atoms with Crippen LogP contribution in [0.15, 0.2) is 35.5 Å². The van der Waals surface area contributed by atoms with Gasteiger partial charge in [0, 0.05) is 16.1 Å². The number of anilines is 1. The van der Waals surface area contributed by atoms with E-state index >= 15 is 0 Å². The summed E-state index contributed by atoms with van der Waals surface area (Å²) in [5.74, 6) is -1.14. The molecule has 1 aromatic carbocycles. The predicted octanol–water partition coefficient (Wildman–Crippen LogP) is 4.57. The van der Waals surface area contributed by atoms with Crippen molar-refractivity contribution in [1.82, 2.24) is 10.6 Å². The van der Waals surface area contributed by atoms with Gasteiger partial charge in [0.25, 0.3) is 5.91 Å². The van der Waals surface area contributed by atoms with Gasteiger partial charge in [0.2, 0.25) is 0 Å². The third-order valence-electron chi connectivity index (χ3n) is 5.05. The molecule has 3 N–H and O–H groups in total. The summed E-state index contributed by atoms with van der Waals surface area (Å²) in [6, 6.07) is 5.31. The molecule has 33 heavy (non-hydrogen) atoms. The Morgan fingerprint density at radius 2 is 1.94 bits per heavy atom. The number of nitrogens with one attached hydrogen (secondary N) is 3. The van der Waals surface area contributed by atoms with Gasteiger partial charge in [-0.1, -0.05) is 18.2 Å². The van der Waals surface area contributed by atoms with Crippen molar-refractivity contribution < 1.29 is 27.8 Å². The molecule has 0 spiro atoms. The van der Waals surface area contributed by atoms with E-state index < -0.39 is 24.5 Å². The van der Waals surface area contributed by atoms with Crippen LogP contribution in [0.2, 0.25) is 0 Å². The molecule has 0 fully saturated rings. The van der Waals surface area contributed by atoms with Crippen LogP contribution in [0.3, 0.4) is 0 Å². The first-order valence-corrected chi connectivity index (χ1v) is 11.3. The lowest BCUT2D eigenvalue weighted by Crippen LogP contribution is -2.45. The number of ether oxygens (including phenoxy) is 2. The standard InChI is InChI=1S/C22H23F2N3O4S2/c1-5-30-20(29)15-10(2)12(4)33-19(15)27-18(28)16-11(3)25-22(32)26-17(16)13-8-6-7-9-14(13)31-21(23)24/h6-9,17,21H,5H2,1-4H3,(H,27,28)(H2,25,26,32). The zero-order valence-electron chi connectivity index (χ0n) is 18.4. The first-order chi connectivity index (χ1) is 15.6. The van der Waals surface area contributed by atoms with Gasteiger partial charge in [-0.05, 0) is 51.5 Å². The van der Waals surface area contributed by atoms with Crippen LogP contribution in [0.25, 0.3) is 0 Å². The van der Waals surface area contributed by atoms with Gasteiger partial charge in [0.05, 0.1) is 23.8 Å². The zero-order valence-corrected chi connectivity index (χ0v) is 20.0. The fraction of sp³-hybridized carbons (Fsp3) is 0.318. The van der Waals surface area contributed by atoms with E-state index in [2.05, 4.69) is 20.7 Å². The van der Waals surface area contributed by atoms with Gasteiger partial charge in [0.15, 0.2) is 5.11 Å². The Morgan fingerprint density at radius 1 is 1.24 bits per heavy atom. The van der Waals surface area contributed by atoms with Crippen LogP contribution in [0.5, 0.6) is 5.75 Å². The molecule has 1 atom stereocenters. The Morgan fingerprint density at radius 3 is 2.61 bits per heavy atom. The van der Waals surface area contributed by atoms with Crippen molar-refractivity contribution >= 4 is 45.5 Å². The zero-order chi connectivity index (χ0) is 24.3. The maximum Gasteiger partial charge on any atom is 0.387 e. The molecule has 176 valence electrons. The average molecular weight is 496 g/mol. The number of esters is 1. The first kappa shape index (κ1) is 24.6. The van der Waals surface area contributed by atoms with E-state index in [0.29, 0.717) is 21.8 Å². The molecule has 1 aliphatic rings. The molecule has 1 aliphatic heterocycles. The number of hydrogen-bond acceptors (Lipinski definition) is 6. The molecule has 7 nitrogen and oxygen atoms in total. The van der Waals surface area contributed by atoms with E-state index in [1.807, 2.05) is 6.92 Å². The topological polar surface area (TPSA) is 88.7 Å². The number of carbonyl (C=O) groups is 2. The third kappa shape index (κ3) is 5.31. The molecule has 0 saturated carbocycles. The highest BCUT2D eigenvalue weighted by Crippen LogP contribution is 2.37. The van der Waals surface area contributed by atoms with Crippen LogP contribution in [0.4, 0.5) is 13.8 Å². The van der Waals surface area contributed by atoms with E-state index in [1.54, 1.807) is 39.0 Å². The fourth-order valence-electron chi connectivity index (χ4n) is 3.48. The maximum absolute atomic E-state index is 13.4. The van der Waals surface area contributed by atoms with Crippen molar-refractivity contribution in [1.29, 1.82) is 0 Å². The van der Waals surface area contributed by atoms with E-state index in [9.17, 15) is 18.4 Å². The highest BCUT2D eigenvalue weighted by atomic mass is 32.1. The Bertz CT molecular complexity index is 1130. The molecular formula is C22H23F2N3O4S2. The molecule has 1 amide bonds. The summed E-state index contributed by atoms with van der Waals surface area (Å²) in [7, 11) is 0. The lowest BCUT2D eigenvalue weighted by atomic mass is 9.94. The van der Waals surface area contributed by atoms with Crippen molar-refractivity contribution in [3.05, 3.63) is 57.1 Å². The quantitative estimate of drug-likeness (QED) is 0.383. The second-order valence-corrected chi connectivity index (χ2v) is 8.78. The van der Waals surface area contributed by atoms with Gasteiger partial charge in [0.1, 0.15) is 10.8 Å². The number of aryl methyl sites for hydroxylation is 1. The number of thiophene rings is 1. The summed E-state index contributed by atoms with van der Waals surface area (Å²) < 4.78 is 35.8. The molecule has 1 unspecified atom stereocenters. The summed E-state index contributed by atoms with van der Waals surface area (Å²) in [4.78, 5) is 26.8. The Hall–Kier alpha value is -3.05. The molecule has 0 saturated heterocycles. The number of amides is 1. The van der Waals surface area contributed by atoms with E-state index in [-0.39, 0.29) is 28.6 Å². The molecule has 0 radical (unpaired) electrons. The Kier molecular flexibility index (Phi) is 7.65. The van der Waals surface area contributed by atoms with E-state index in [1.165, 1.54) is 17.4 Å². The maximum atomic E-state index is 13.4. The molecule has 2 aromatic rings. The van der Waals surface area contributed by atoms with Gasteiger partial charge in [-0.15, -0.1) is 11.3 Å². The van der Waals surface area contributed by atoms with Gasteiger partial charge in [-0.2, -0.15) is 8.78 Å². The number of thiocarbonyl (C=S) groups is 1. The van der Waals surface area contributed by atoms with Crippen LogP contribution in [-0.2, 0) is 9.53 Å². The summed E-state index contributed by atoms with van der Waals surface area (Å²) in [5.41, 5.74) is 1.97. The summed E-state index contributed by atoms with van der Waals surface area (Å²) in [6.07, 6.45) is 0. The van der Waals surface area contributed by atoms with Crippen molar-refractivity contribution in [2.45, 2.75) is 40.3 Å². The van der Waals surface area contributed by atoms with Gasteiger partial charge >= 0.3 is 12.6 Å². The highest BCUT2D eigenvalue weighted by molar-refractivity contribution is 7.80. The number of benzene rings is 1. The van der Waals surface area contributed by atoms with Crippen LogP contribution in [-0.4, -0.2) is 30.2 Å². The minimum atomic E-state index is -3.04. The van der Waals surface area contributed by atoms with Gasteiger partial charge in [-0.25, -0.2) is 4.79 Å². The number of hydrogen-bond donors (Lipinski definition) is 3. The predicted molar refractivity (Wildman–Crippen MR) is 126 cm³/mol. The average Bonchev–Trinajstić information content (AvgIpc) is 3.00. The van der Waals surface area contributed by atoms with Crippen LogP contribution >= 0.6 is 23.6 Å². The van der Waals surface area contributed by atoms with Crippen molar-refractivity contribution in [2.24, 2.45) is 0 Å². The Labute approximate surface area is 199 Å². The summed E-state index contributed by atoms with van der Waals surface area (Å²) in [6.45, 7) is 4.13. The molecular weight excluding hydrogens is 472 g/mol. The highest BCUT2D eigenvalue weighted by Gasteiger charge is 2.33. The second-order valence-electron chi connectivity index (χ2n) is 7.15. The normalized spacial score (nSPS) is 15.7. The molecule has 2 heterocycles. The molecule has 0 aliphatic carbocycles. The molecule has 1 aromatic heterocycles. The number of carbonyl (C=O) groups excluding carboxylic acids is 2. The largest absolute Gasteiger partial charge is 0.462 e. The summed E-state index contributed by atoms with van der Waals surface area (Å²) >= 11 is 6.48. The van der Waals surface area contributed by atoms with Gasteiger partial charge in [-0.3, -0.25) is 4.79 Å².